The van der Waals surface area contributed by atoms with E-state index >= 15 is 0 Å². The van der Waals surface area contributed by atoms with Crippen molar-refractivity contribution in [3.63, 3.8) is 0 Å². The highest BCUT2D eigenvalue weighted by Crippen LogP contribution is 2.39. The summed E-state index contributed by atoms with van der Waals surface area (Å²) in [5.41, 5.74) is 8.14. The maximum atomic E-state index is 5.98. The number of benzene rings is 2. The van der Waals surface area contributed by atoms with Crippen LogP contribution in [0.2, 0.25) is 0 Å². The molecule has 1 unspecified atom stereocenters. The number of rotatable bonds is 4. The summed E-state index contributed by atoms with van der Waals surface area (Å²) in [5, 5.41) is 0. The van der Waals surface area contributed by atoms with Crippen molar-refractivity contribution >= 4 is 27.7 Å². The van der Waals surface area contributed by atoms with Gasteiger partial charge in [-0.25, -0.2) is 0 Å². The van der Waals surface area contributed by atoms with Crippen molar-refractivity contribution in [1.29, 1.82) is 0 Å². The molecular formula is C16H16BrNOS. The second-order valence-electron chi connectivity index (χ2n) is 4.83. The van der Waals surface area contributed by atoms with E-state index in [1.807, 2.05) is 30.0 Å². The summed E-state index contributed by atoms with van der Waals surface area (Å²) in [5.74, 6) is 2.45. The summed E-state index contributed by atoms with van der Waals surface area (Å²) < 4.78 is 6.95. The molecule has 3 rings (SSSR count). The molecule has 0 bridgehead atoms. The van der Waals surface area contributed by atoms with Crippen LogP contribution in [0.3, 0.4) is 0 Å². The summed E-state index contributed by atoms with van der Waals surface area (Å²) in [6.45, 7) is 1.26. The van der Waals surface area contributed by atoms with Crippen LogP contribution in [0.5, 0.6) is 5.75 Å². The molecule has 0 saturated heterocycles. The smallest absolute Gasteiger partial charge is 0.133 e. The van der Waals surface area contributed by atoms with Crippen LogP contribution in [0.25, 0.3) is 0 Å². The molecule has 2 aromatic carbocycles. The van der Waals surface area contributed by atoms with Gasteiger partial charge in [0.05, 0.1) is 11.1 Å². The lowest BCUT2D eigenvalue weighted by atomic mass is 10.0. The number of thioether (sulfide) groups is 1. The van der Waals surface area contributed by atoms with Gasteiger partial charge in [0.2, 0.25) is 0 Å². The number of halogens is 1. The predicted molar refractivity (Wildman–Crippen MR) is 87.4 cm³/mol. The predicted octanol–water partition coefficient (Wildman–Crippen LogP) is 4.18. The van der Waals surface area contributed by atoms with E-state index in [-0.39, 0.29) is 0 Å². The van der Waals surface area contributed by atoms with E-state index in [0.717, 1.165) is 21.5 Å². The SMILES string of the molecule is NCc1ccc(OCC2CSc3ccccc32)c(Br)c1. The molecule has 0 radical (unpaired) electrons. The van der Waals surface area contributed by atoms with Crippen LogP contribution in [-0.2, 0) is 6.54 Å². The third kappa shape index (κ3) is 2.87. The lowest BCUT2D eigenvalue weighted by molar-refractivity contribution is 0.296. The van der Waals surface area contributed by atoms with Crippen LogP contribution in [0, 0.1) is 0 Å². The Bertz CT molecular complexity index is 617. The molecule has 2 N–H and O–H groups in total. The minimum atomic E-state index is 0.470. The van der Waals surface area contributed by atoms with Gasteiger partial charge in [0.25, 0.3) is 0 Å². The first kappa shape index (κ1) is 14.0. The van der Waals surface area contributed by atoms with E-state index in [9.17, 15) is 0 Å². The zero-order valence-electron chi connectivity index (χ0n) is 11.0. The van der Waals surface area contributed by atoms with Crippen molar-refractivity contribution in [2.45, 2.75) is 17.4 Å². The number of fused-ring (bicyclic) bond motifs is 1. The van der Waals surface area contributed by atoms with Gasteiger partial charge in [-0.05, 0) is 45.3 Å². The summed E-state index contributed by atoms with van der Waals surface area (Å²) >= 11 is 5.46. The molecule has 2 aromatic rings. The van der Waals surface area contributed by atoms with Crippen molar-refractivity contribution in [2.75, 3.05) is 12.4 Å². The number of hydrogen-bond donors (Lipinski definition) is 1. The van der Waals surface area contributed by atoms with Crippen molar-refractivity contribution in [2.24, 2.45) is 5.73 Å². The topological polar surface area (TPSA) is 35.2 Å². The van der Waals surface area contributed by atoms with Gasteiger partial charge in [0.15, 0.2) is 0 Å². The van der Waals surface area contributed by atoms with Crippen LogP contribution >= 0.6 is 27.7 Å². The van der Waals surface area contributed by atoms with Crippen molar-refractivity contribution < 1.29 is 4.74 Å². The lowest BCUT2D eigenvalue weighted by Crippen LogP contribution is -2.10. The Balaban J connectivity index is 1.69. The largest absolute Gasteiger partial charge is 0.492 e. The van der Waals surface area contributed by atoms with Gasteiger partial charge in [-0.3, -0.25) is 0 Å². The summed E-state index contributed by atoms with van der Waals surface area (Å²) in [7, 11) is 0. The summed E-state index contributed by atoms with van der Waals surface area (Å²) in [6, 6.07) is 14.6. The zero-order valence-corrected chi connectivity index (χ0v) is 13.4. The second-order valence-corrected chi connectivity index (χ2v) is 6.74. The zero-order chi connectivity index (χ0) is 13.9. The van der Waals surface area contributed by atoms with Crippen molar-refractivity contribution in [3.05, 3.63) is 58.1 Å². The van der Waals surface area contributed by atoms with Crippen LogP contribution in [0.4, 0.5) is 0 Å². The summed E-state index contributed by atoms with van der Waals surface area (Å²) in [6.07, 6.45) is 0. The maximum absolute atomic E-state index is 5.98. The Morgan fingerprint density at radius 1 is 1.25 bits per heavy atom. The highest BCUT2D eigenvalue weighted by atomic mass is 79.9. The molecule has 0 saturated carbocycles. The molecule has 1 aliphatic rings. The Labute approximate surface area is 131 Å². The average Bonchev–Trinajstić information content (AvgIpc) is 2.89. The van der Waals surface area contributed by atoms with Gasteiger partial charge in [-0.15, -0.1) is 11.8 Å². The molecule has 0 amide bonds. The van der Waals surface area contributed by atoms with Crippen molar-refractivity contribution in [3.8, 4) is 5.75 Å². The van der Waals surface area contributed by atoms with Gasteiger partial charge >= 0.3 is 0 Å². The number of hydrogen-bond acceptors (Lipinski definition) is 3. The Hall–Kier alpha value is -0.970. The third-order valence-corrected chi connectivity index (χ3v) is 5.34. The van der Waals surface area contributed by atoms with E-state index in [1.54, 1.807) is 0 Å². The molecular weight excluding hydrogens is 334 g/mol. The summed E-state index contributed by atoms with van der Waals surface area (Å²) in [4.78, 5) is 1.39. The van der Waals surface area contributed by atoms with E-state index in [0.29, 0.717) is 19.1 Å². The molecule has 1 heterocycles. The van der Waals surface area contributed by atoms with Gasteiger partial charge in [0.1, 0.15) is 5.75 Å². The van der Waals surface area contributed by atoms with Crippen LogP contribution < -0.4 is 10.5 Å². The van der Waals surface area contributed by atoms with Gasteiger partial charge in [0, 0.05) is 23.1 Å². The van der Waals surface area contributed by atoms with Gasteiger partial charge in [-0.1, -0.05) is 24.3 Å². The lowest BCUT2D eigenvalue weighted by Gasteiger charge is -2.14. The number of nitrogens with two attached hydrogens (primary N) is 1. The van der Waals surface area contributed by atoms with E-state index in [1.165, 1.54) is 10.5 Å². The highest BCUT2D eigenvalue weighted by molar-refractivity contribution is 9.10. The fraction of sp³-hybridized carbons (Fsp3) is 0.250. The Morgan fingerprint density at radius 3 is 2.90 bits per heavy atom. The fourth-order valence-electron chi connectivity index (χ4n) is 2.35. The highest BCUT2D eigenvalue weighted by Gasteiger charge is 2.23. The number of ether oxygens (including phenoxy) is 1. The second kappa shape index (κ2) is 6.20. The minimum Gasteiger partial charge on any atom is -0.492 e. The molecule has 0 aromatic heterocycles. The standard InChI is InChI=1S/C16H16BrNOS/c17-14-7-11(8-18)5-6-15(14)19-9-12-10-20-16-4-2-1-3-13(12)16/h1-7,12H,8-10,18H2. The Kier molecular flexibility index (Phi) is 4.34. The van der Waals surface area contributed by atoms with Crippen LogP contribution in [0.15, 0.2) is 51.8 Å². The molecule has 0 spiro atoms. The first-order valence-electron chi connectivity index (χ1n) is 6.61. The monoisotopic (exact) mass is 349 g/mol. The third-order valence-electron chi connectivity index (χ3n) is 3.47. The first-order valence-corrected chi connectivity index (χ1v) is 8.39. The Morgan fingerprint density at radius 2 is 2.10 bits per heavy atom. The van der Waals surface area contributed by atoms with Gasteiger partial charge in [-0.2, -0.15) is 0 Å². The molecule has 20 heavy (non-hydrogen) atoms. The molecule has 1 aliphatic heterocycles. The van der Waals surface area contributed by atoms with E-state index < -0.39 is 0 Å². The van der Waals surface area contributed by atoms with E-state index in [4.69, 9.17) is 10.5 Å². The molecule has 4 heteroatoms. The normalized spacial score (nSPS) is 17.0. The molecule has 0 fully saturated rings. The van der Waals surface area contributed by atoms with Crippen LogP contribution in [0.1, 0.15) is 17.0 Å². The van der Waals surface area contributed by atoms with Crippen LogP contribution in [-0.4, -0.2) is 12.4 Å². The van der Waals surface area contributed by atoms with Gasteiger partial charge < -0.3 is 10.5 Å². The molecule has 0 aliphatic carbocycles. The van der Waals surface area contributed by atoms with E-state index in [2.05, 4.69) is 40.2 Å². The first-order chi connectivity index (χ1) is 9.78. The fourth-order valence-corrected chi connectivity index (χ4v) is 4.12. The van der Waals surface area contributed by atoms with Crippen molar-refractivity contribution in [1.82, 2.24) is 0 Å². The quantitative estimate of drug-likeness (QED) is 0.899. The average molecular weight is 350 g/mol. The maximum Gasteiger partial charge on any atom is 0.133 e. The molecule has 2 nitrogen and oxygen atoms in total. The molecule has 104 valence electrons. The minimum absolute atomic E-state index is 0.470. The molecule has 1 atom stereocenters.